The van der Waals surface area contributed by atoms with E-state index >= 15 is 0 Å². The van der Waals surface area contributed by atoms with E-state index in [4.69, 9.17) is 10.5 Å². The second-order valence-corrected chi connectivity index (χ2v) is 6.04. The molecule has 2 aromatic heterocycles. The first-order valence-electron chi connectivity index (χ1n) is 4.93. The summed E-state index contributed by atoms with van der Waals surface area (Å²) in [4.78, 5) is 14.2. The Kier molecular flexibility index (Phi) is 3.86. The number of anilines is 1. The molecule has 17 heavy (non-hydrogen) atoms. The maximum Gasteiger partial charge on any atom is 0.350 e. The van der Waals surface area contributed by atoms with Gasteiger partial charge in [-0.2, -0.15) is 0 Å². The third kappa shape index (κ3) is 2.53. The standard InChI is InChI=1S/C11H10BrNO2S2/c1-2-15-11(14)10-7(13)5-8(17-10)9-6(12)3-4-16-9/h3-5H,2,13H2,1H3. The van der Waals surface area contributed by atoms with Crippen molar-refractivity contribution < 1.29 is 9.53 Å². The summed E-state index contributed by atoms with van der Waals surface area (Å²) in [5.74, 6) is -0.353. The topological polar surface area (TPSA) is 52.3 Å². The van der Waals surface area contributed by atoms with Crippen molar-refractivity contribution in [3.63, 3.8) is 0 Å². The highest BCUT2D eigenvalue weighted by Gasteiger charge is 2.17. The second kappa shape index (κ2) is 5.20. The number of thiophene rings is 2. The Balaban J connectivity index is 2.37. The zero-order chi connectivity index (χ0) is 12.4. The third-order valence-corrected chi connectivity index (χ3v) is 5.21. The molecule has 3 nitrogen and oxygen atoms in total. The Morgan fingerprint density at radius 1 is 1.59 bits per heavy atom. The molecule has 6 heteroatoms. The molecule has 0 radical (unpaired) electrons. The number of carbonyl (C=O) groups excluding carboxylic acids is 1. The molecule has 0 amide bonds. The van der Waals surface area contributed by atoms with Crippen LogP contribution >= 0.6 is 38.6 Å². The van der Waals surface area contributed by atoms with Gasteiger partial charge >= 0.3 is 5.97 Å². The molecule has 0 unspecified atom stereocenters. The maximum absolute atomic E-state index is 11.6. The van der Waals surface area contributed by atoms with Crippen LogP contribution in [-0.2, 0) is 4.74 Å². The second-order valence-electron chi connectivity index (χ2n) is 3.21. The first-order chi connectivity index (χ1) is 8.13. The van der Waals surface area contributed by atoms with Crippen LogP contribution in [0.25, 0.3) is 9.75 Å². The number of rotatable bonds is 3. The molecule has 0 bridgehead atoms. The summed E-state index contributed by atoms with van der Waals surface area (Å²) < 4.78 is 5.97. The van der Waals surface area contributed by atoms with E-state index < -0.39 is 0 Å². The molecule has 0 aliphatic heterocycles. The van der Waals surface area contributed by atoms with Gasteiger partial charge < -0.3 is 10.5 Å². The highest BCUT2D eigenvalue weighted by molar-refractivity contribution is 9.10. The Morgan fingerprint density at radius 3 is 2.94 bits per heavy atom. The molecule has 2 rings (SSSR count). The van der Waals surface area contributed by atoms with Crippen molar-refractivity contribution in [2.75, 3.05) is 12.3 Å². The summed E-state index contributed by atoms with van der Waals surface area (Å²) >= 11 is 6.43. The van der Waals surface area contributed by atoms with Gasteiger partial charge in [0, 0.05) is 9.35 Å². The van der Waals surface area contributed by atoms with Crippen LogP contribution in [0.3, 0.4) is 0 Å². The normalized spacial score (nSPS) is 10.5. The molecule has 0 aromatic carbocycles. The van der Waals surface area contributed by atoms with Crippen LogP contribution in [0.15, 0.2) is 22.0 Å². The van der Waals surface area contributed by atoms with Crippen molar-refractivity contribution in [1.29, 1.82) is 0 Å². The zero-order valence-electron chi connectivity index (χ0n) is 9.03. The minimum atomic E-state index is -0.353. The molecule has 0 aliphatic rings. The van der Waals surface area contributed by atoms with Gasteiger partial charge in [-0.1, -0.05) is 0 Å². The third-order valence-electron chi connectivity index (χ3n) is 2.06. The molecule has 2 aromatic rings. The van der Waals surface area contributed by atoms with Crippen LogP contribution < -0.4 is 5.73 Å². The molecular weight excluding hydrogens is 322 g/mol. The molecule has 2 N–H and O–H groups in total. The average molecular weight is 332 g/mol. The van der Waals surface area contributed by atoms with E-state index in [0.717, 1.165) is 14.2 Å². The van der Waals surface area contributed by atoms with Gasteiger partial charge in [0.05, 0.1) is 17.2 Å². The van der Waals surface area contributed by atoms with Gasteiger partial charge in [-0.15, -0.1) is 22.7 Å². The predicted molar refractivity (Wildman–Crippen MR) is 75.7 cm³/mol. The monoisotopic (exact) mass is 331 g/mol. The van der Waals surface area contributed by atoms with E-state index in [-0.39, 0.29) is 5.97 Å². The van der Waals surface area contributed by atoms with Gasteiger partial charge in [-0.25, -0.2) is 4.79 Å². The van der Waals surface area contributed by atoms with E-state index in [2.05, 4.69) is 15.9 Å². The molecule has 0 saturated carbocycles. The number of nitrogens with two attached hydrogens (primary N) is 1. The lowest BCUT2D eigenvalue weighted by molar-refractivity contribution is 0.0533. The Labute approximate surface area is 115 Å². The molecule has 2 heterocycles. The van der Waals surface area contributed by atoms with E-state index in [1.54, 1.807) is 18.3 Å². The number of ether oxygens (including phenoxy) is 1. The SMILES string of the molecule is CCOC(=O)c1sc(-c2sccc2Br)cc1N. The van der Waals surface area contributed by atoms with Crippen LogP contribution in [0.1, 0.15) is 16.6 Å². The van der Waals surface area contributed by atoms with Gasteiger partial charge in [0.15, 0.2) is 0 Å². The summed E-state index contributed by atoms with van der Waals surface area (Å²) in [5.41, 5.74) is 6.30. The van der Waals surface area contributed by atoms with Gasteiger partial charge in [0.1, 0.15) is 4.88 Å². The Hall–Kier alpha value is -0.850. The molecule has 90 valence electrons. The summed E-state index contributed by atoms with van der Waals surface area (Å²) in [6.45, 7) is 2.13. The van der Waals surface area contributed by atoms with Crippen molar-refractivity contribution in [1.82, 2.24) is 0 Å². The Bertz CT molecular complexity index is 547. The quantitative estimate of drug-likeness (QED) is 0.865. The maximum atomic E-state index is 11.6. The molecule has 0 spiro atoms. The van der Waals surface area contributed by atoms with Gasteiger partial charge in [0.25, 0.3) is 0 Å². The summed E-state index contributed by atoms with van der Waals surface area (Å²) in [6.07, 6.45) is 0. The summed E-state index contributed by atoms with van der Waals surface area (Å²) in [7, 11) is 0. The van der Waals surface area contributed by atoms with Crippen molar-refractivity contribution >= 4 is 50.3 Å². The predicted octanol–water partition coefficient (Wildman–Crippen LogP) is 4.00. The number of esters is 1. The lowest BCUT2D eigenvalue weighted by Crippen LogP contribution is -2.04. The lowest BCUT2D eigenvalue weighted by atomic mass is 10.3. The molecule has 0 aliphatic carbocycles. The van der Waals surface area contributed by atoms with Crippen molar-refractivity contribution in [3.05, 3.63) is 26.9 Å². The minimum absolute atomic E-state index is 0.353. The lowest BCUT2D eigenvalue weighted by Gasteiger charge is -1.98. The number of hydrogen-bond donors (Lipinski definition) is 1. The van der Waals surface area contributed by atoms with Crippen molar-refractivity contribution in [2.24, 2.45) is 0 Å². The summed E-state index contributed by atoms with van der Waals surface area (Å²) in [6, 6.07) is 3.79. The van der Waals surface area contributed by atoms with E-state index in [1.807, 2.05) is 17.5 Å². The van der Waals surface area contributed by atoms with E-state index in [9.17, 15) is 4.79 Å². The van der Waals surface area contributed by atoms with Crippen LogP contribution in [0.2, 0.25) is 0 Å². The highest BCUT2D eigenvalue weighted by atomic mass is 79.9. The van der Waals surface area contributed by atoms with Crippen LogP contribution in [0, 0.1) is 0 Å². The number of halogens is 1. The number of nitrogen functional groups attached to an aromatic ring is 1. The number of carbonyl (C=O) groups is 1. The molecule has 0 atom stereocenters. The molecular formula is C11H10BrNO2S2. The molecule has 0 fully saturated rings. The van der Waals surface area contributed by atoms with Crippen molar-refractivity contribution in [3.8, 4) is 9.75 Å². The fraction of sp³-hybridized carbons (Fsp3) is 0.182. The van der Waals surface area contributed by atoms with Gasteiger partial charge in [-0.3, -0.25) is 0 Å². The summed E-state index contributed by atoms with van der Waals surface area (Å²) in [5, 5.41) is 1.99. The fourth-order valence-corrected chi connectivity index (χ4v) is 4.17. The first-order valence-corrected chi connectivity index (χ1v) is 7.42. The average Bonchev–Trinajstić information content (AvgIpc) is 2.84. The smallest absolute Gasteiger partial charge is 0.350 e. The van der Waals surface area contributed by atoms with E-state index in [1.165, 1.54) is 11.3 Å². The highest BCUT2D eigenvalue weighted by Crippen LogP contribution is 2.40. The largest absolute Gasteiger partial charge is 0.462 e. The van der Waals surface area contributed by atoms with Crippen LogP contribution in [0.5, 0.6) is 0 Å². The van der Waals surface area contributed by atoms with E-state index in [0.29, 0.717) is 17.2 Å². The molecule has 0 saturated heterocycles. The van der Waals surface area contributed by atoms with Crippen LogP contribution in [0.4, 0.5) is 5.69 Å². The minimum Gasteiger partial charge on any atom is -0.462 e. The first kappa shape index (κ1) is 12.6. The number of hydrogen-bond acceptors (Lipinski definition) is 5. The van der Waals surface area contributed by atoms with Crippen molar-refractivity contribution in [2.45, 2.75) is 6.92 Å². The Morgan fingerprint density at radius 2 is 2.35 bits per heavy atom. The fourth-order valence-electron chi connectivity index (χ4n) is 1.34. The van der Waals surface area contributed by atoms with Crippen LogP contribution in [-0.4, -0.2) is 12.6 Å². The van der Waals surface area contributed by atoms with Gasteiger partial charge in [-0.05, 0) is 40.4 Å². The van der Waals surface area contributed by atoms with Gasteiger partial charge in [0.2, 0.25) is 0 Å². The zero-order valence-corrected chi connectivity index (χ0v) is 12.2.